The Labute approximate surface area is 109 Å². The van der Waals surface area contributed by atoms with Gasteiger partial charge < -0.3 is 11.1 Å². The van der Waals surface area contributed by atoms with Gasteiger partial charge in [0.15, 0.2) is 0 Å². The van der Waals surface area contributed by atoms with Gasteiger partial charge in [0.05, 0.1) is 11.4 Å². The summed E-state index contributed by atoms with van der Waals surface area (Å²) in [6.07, 6.45) is 2.22. The van der Waals surface area contributed by atoms with Gasteiger partial charge in [-0.2, -0.15) is 0 Å². The van der Waals surface area contributed by atoms with Crippen molar-refractivity contribution in [3.8, 4) is 0 Å². The predicted octanol–water partition coefficient (Wildman–Crippen LogP) is 4.27. The van der Waals surface area contributed by atoms with Crippen LogP contribution in [0.5, 0.6) is 0 Å². The third kappa shape index (κ3) is 2.83. The maximum atomic E-state index is 6.03. The highest BCUT2D eigenvalue weighted by atomic mass is 14.9. The van der Waals surface area contributed by atoms with Crippen LogP contribution >= 0.6 is 0 Å². The van der Waals surface area contributed by atoms with Gasteiger partial charge in [0.25, 0.3) is 0 Å². The Balaban J connectivity index is 2.28. The molecule has 2 heteroatoms. The number of nitrogens with one attached hydrogen (secondary N) is 1. The van der Waals surface area contributed by atoms with Gasteiger partial charge in [-0.25, -0.2) is 0 Å². The molecule has 2 aromatic carbocycles. The normalized spacial score (nSPS) is 10.3. The highest BCUT2D eigenvalue weighted by Gasteiger charge is 2.03. The first-order valence-electron chi connectivity index (χ1n) is 6.41. The van der Waals surface area contributed by atoms with Gasteiger partial charge in [0, 0.05) is 5.69 Å². The minimum atomic E-state index is 0.793. The lowest BCUT2D eigenvalue weighted by Gasteiger charge is -2.13. The number of hydrogen-bond donors (Lipinski definition) is 2. The van der Waals surface area contributed by atoms with Crippen molar-refractivity contribution in [3.05, 3.63) is 53.6 Å². The van der Waals surface area contributed by atoms with Gasteiger partial charge in [-0.15, -0.1) is 0 Å². The summed E-state index contributed by atoms with van der Waals surface area (Å²) in [5.74, 6) is 0. The van der Waals surface area contributed by atoms with Gasteiger partial charge in [0.2, 0.25) is 0 Å². The number of anilines is 3. The first kappa shape index (κ1) is 12.5. The van der Waals surface area contributed by atoms with Crippen LogP contribution in [0.2, 0.25) is 0 Å². The van der Waals surface area contributed by atoms with E-state index in [1.807, 2.05) is 25.1 Å². The maximum absolute atomic E-state index is 6.03. The number of hydrogen-bond acceptors (Lipinski definition) is 2. The SMILES string of the molecule is CCCc1ccccc1Nc1ccc(C)cc1N. The fourth-order valence-corrected chi connectivity index (χ4v) is 2.07. The van der Waals surface area contributed by atoms with E-state index in [1.54, 1.807) is 0 Å². The molecule has 0 saturated carbocycles. The number of para-hydroxylation sites is 1. The van der Waals surface area contributed by atoms with E-state index in [9.17, 15) is 0 Å². The highest BCUT2D eigenvalue weighted by Crippen LogP contribution is 2.26. The van der Waals surface area contributed by atoms with Gasteiger partial charge in [-0.05, 0) is 42.7 Å². The number of nitrogens with two attached hydrogens (primary N) is 1. The van der Waals surface area contributed by atoms with Crippen LogP contribution in [0.15, 0.2) is 42.5 Å². The molecule has 0 atom stereocenters. The summed E-state index contributed by atoms with van der Waals surface area (Å²) in [4.78, 5) is 0. The second-order valence-electron chi connectivity index (χ2n) is 4.62. The van der Waals surface area contributed by atoms with Gasteiger partial charge in [0.1, 0.15) is 0 Å². The number of aryl methyl sites for hydroxylation is 2. The van der Waals surface area contributed by atoms with Crippen molar-refractivity contribution >= 4 is 17.1 Å². The Kier molecular flexibility index (Phi) is 3.88. The lowest BCUT2D eigenvalue weighted by molar-refractivity contribution is 0.923. The molecule has 94 valence electrons. The van der Waals surface area contributed by atoms with Crippen LogP contribution in [0.3, 0.4) is 0 Å². The number of benzene rings is 2. The lowest BCUT2D eigenvalue weighted by atomic mass is 10.1. The molecule has 2 aromatic rings. The van der Waals surface area contributed by atoms with Crippen LogP contribution in [-0.4, -0.2) is 0 Å². The standard InChI is InChI=1S/C16H20N2/c1-3-6-13-7-4-5-8-15(13)18-16-10-9-12(2)11-14(16)17/h4-5,7-11,18H,3,6,17H2,1-2H3. The number of nitrogen functional groups attached to an aromatic ring is 1. The van der Waals surface area contributed by atoms with Gasteiger partial charge in [-0.1, -0.05) is 37.6 Å². The largest absolute Gasteiger partial charge is 0.397 e. The summed E-state index contributed by atoms with van der Waals surface area (Å²) in [6.45, 7) is 4.24. The lowest BCUT2D eigenvalue weighted by Crippen LogP contribution is -1.99. The van der Waals surface area contributed by atoms with Crippen LogP contribution in [-0.2, 0) is 6.42 Å². The van der Waals surface area contributed by atoms with Crippen molar-refractivity contribution < 1.29 is 0 Å². The molecular weight excluding hydrogens is 220 g/mol. The van der Waals surface area contributed by atoms with E-state index >= 15 is 0 Å². The van der Waals surface area contributed by atoms with Crippen LogP contribution < -0.4 is 11.1 Å². The first-order chi connectivity index (χ1) is 8.70. The minimum absolute atomic E-state index is 0.793. The van der Waals surface area contributed by atoms with E-state index in [4.69, 9.17) is 5.73 Å². The average molecular weight is 240 g/mol. The molecule has 0 spiro atoms. The quantitative estimate of drug-likeness (QED) is 0.783. The molecule has 0 aliphatic heterocycles. The van der Waals surface area contributed by atoms with Crippen molar-refractivity contribution in [1.29, 1.82) is 0 Å². The fourth-order valence-electron chi connectivity index (χ4n) is 2.07. The Bertz CT molecular complexity index is 532. The van der Waals surface area contributed by atoms with E-state index in [-0.39, 0.29) is 0 Å². The van der Waals surface area contributed by atoms with E-state index in [1.165, 1.54) is 11.1 Å². The zero-order chi connectivity index (χ0) is 13.0. The molecule has 0 aliphatic rings. The molecule has 18 heavy (non-hydrogen) atoms. The fraction of sp³-hybridized carbons (Fsp3) is 0.250. The van der Waals surface area contributed by atoms with Crippen LogP contribution in [0.1, 0.15) is 24.5 Å². The Morgan fingerprint density at radius 1 is 1.06 bits per heavy atom. The van der Waals surface area contributed by atoms with Crippen molar-refractivity contribution in [3.63, 3.8) is 0 Å². The molecule has 0 unspecified atom stereocenters. The summed E-state index contributed by atoms with van der Waals surface area (Å²) in [6, 6.07) is 14.5. The average Bonchev–Trinajstić information content (AvgIpc) is 2.35. The second-order valence-corrected chi connectivity index (χ2v) is 4.62. The summed E-state index contributed by atoms with van der Waals surface area (Å²) in [5, 5.41) is 3.43. The molecule has 2 nitrogen and oxygen atoms in total. The monoisotopic (exact) mass is 240 g/mol. The van der Waals surface area contributed by atoms with Gasteiger partial charge in [-0.3, -0.25) is 0 Å². The Morgan fingerprint density at radius 2 is 1.83 bits per heavy atom. The molecule has 0 saturated heterocycles. The van der Waals surface area contributed by atoms with Crippen molar-refractivity contribution in [2.75, 3.05) is 11.1 Å². The molecule has 0 heterocycles. The van der Waals surface area contributed by atoms with Crippen LogP contribution in [0, 0.1) is 6.92 Å². The van der Waals surface area contributed by atoms with Crippen LogP contribution in [0.25, 0.3) is 0 Å². The third-order valence-corrected chi connectivity index (χ3v) is 3.01. The molecule has 2 rings (SSSR count). The smallest absolute Gasteiger partial charge is 0.0618 e. The topological polar surface area (TPSA) is 38.0 Å². The zero-order valence-electron chi connectivity index (χ0n) is 11.0. The molecule has 0 aliphatic carbocycles. The molecule has 0 bridgehead atoms. The van der Waals surface area contributed by atoms with E-state index < -0.39 is 0 Å². The molecule has 0 amide bonds. The second kappa shape index (κ2) is 5.58. The summed E-state index contributed by atoms with van der Waals surface area (Å²) in [7, 11) is 0. The molecule has 0 aromatic heterocycles. The highest BCUT2D eigenvalue weighted by molar-refractivity contribution is 5.74. The summed E-state index contributed by atoms with van der Waals surface area (Å²) in [5.41, 5.74) is 11.5. The molecule has 3 N–H and O–H groups in total. The van der Waals surface area contributed by atoms with E-state index in [0.717, 1.165) is 29.9 Å². The van der Waals surface area contributed by atoms with Gasteiger partial charge >= 0.3 is 0 Å². The Hall–Kier alpha value is -1.96. The van der Waals surface area contributed by atoms with Crippen molar-refractivity contribution in [1.82, 2.24) is 0 Å². The minimum Gasteiger partial charge on any atom is -0.397 e. The summed E-state index contributed by atoms with van der Waals surface area (Å²) >= 11 is 0. The molecule has 0 radical (unpaired) electrons. The number of rotatable bonds is 4. The van der Waals surface area contributed by atoms with Crippen molar-refractivity contribution in [2.24, 2.45) is 0 Å². The Morgan fingerprint density at radius 3 is 2.56 bits per heavy atom. The van der Waals surface area contributed by atoms with E-state index in [0.29, 0.717) is 0 Å². The molecular formula is C16H20N2. The predicted molar refractivity (Wildman–Crippen MR) is 79.3 cm³/mol. The zero-order valence-corrected chi connectivity index (χ0v) is 11.0. The van der Waals surface area contributed by atoms with E-state index in [2.05, 4.69) is 36.5 Å². The third-order valence-electron chi connectivity index (χ3n) is 3.01. The first-order valence-corrected chi connectivity index (χ1v) is 6.41. The van der Waals surface area contributed by atoms with Crippen molar-refractivity contribution in [2.45, 2.75) is 26.7 Å². The van der Waals surface area contributed by atoms with Crippen LogP contribution in [0.4, 0.5) is 17.1 Å². The maximum Gasteiger partial charge on any atom is 0.0618 e. The summed E-state index contributed by atoms with van der Waals surface area (Å²) < 4.78 is 0. The molecule has 0 fully saturated rings.